The molecule has 3 aliphatic rings. The van der Waals surface area contributed by atoms with Gasteiger partial charge in [-0.3, -0.25) is 19.4 Å². The van der Waals surface area contributed by atoms with Crippen molar-refractivity contribution in [1.82, 2.24) is 14.4 Å². The van der Waals surface area contributed by atoms with Crippen LogP contribution in [0.2, 0.25) is 0 Å². The summed E-state index contributed by atoms with van der Waals surface area (Å²) in [5, 5.41) is 0. The van der Waals surface area contributed by atoms with Gasteiger partial charge in [-0.25, -0.2) is 0 Å². The summed E-state index contributed by atoms with van der Waals surface area (Å²) >= 11 is 0. The summed E-state index contributed by atoms with van der Waals surface area (Å²) in [6.45, 7) is 4.25. The number of aldehydes is 1. The van der Waals surface area contributed by atoms with Crippen LogP contribution in [0.15, 0.2) is 78.9 Å². The van der Waals surface area contributed by atoms with E-state index in [4.69, 9.17) is 4.74 Å². The number of hydrogen-bond donors (Lipinski definition) is 0. The van der Waals surface area contributed by atoms with E-state index in [1.165, 1.54) is 44.2 Å². The van der Waals surface area contributed by atoms with Gasteiger partial charge >= 0.3 is 6.18 Å². The van der Waals surface area contributed by atoms with Crippen molar-refractivity contribution < 1.29 is 27.5 Å². The molecule has 4 aromatic rings. The number of ether oxygens (including phenoxy) is 1. The van der Waals surface area contributed by atoms with E-state index in [9.17, 15) is 22.8 Å². The van der Waals surface area contributed by atoms with Crippen LogP contribution in [0.5, 0.6) is 5.75 Å². The average molecular weight is 643 g/mol. The number of nitrogens with zero attached hydrogens (tertiary/aromatic N) is 4. The van der Waals surface area contributed by atoms with Gasteiger partial charge in [0.1, 0.15) is 11.9 Å². The first-order chi connectivity index (χ1) is 22.8. The molecule has 0 N–H and O–H groups in total. The number of carbonyl (C=O) groups is 2. The molecule has 0 spiro atoms. The van der Waals surface area contributed by atoms with E-state index < -0.39 is 17.9 Å². The molecule has 3 aliphatic heterocycles. The highest BCUT2D eigenvalue weighted by Crippen LogP contribution is 2.44. The van der Waals surface area contributed by atoms with Crippen molar-refractivity contribution in [3.05, 3.63) is 107 Å². The molecule has 1 unspecified atom stereocenters. The Morgan fingerprint density at radius 2 is 1.68 bits per heavy atom. The molecule has 0 radical (unpaired) electrons. The number of hydrogen-bond acceptors (Lipinski definition) is 5. The summed E-state index contributed by atoms with van der Waals surface area (Å²) in [6, 6.07) is 21.7. The third-order valence-electron chi connectivity index (χ3n) is 9.85. The van der Waals surface area contributed by atoms with E-state index in [0.717, 1.165) is 68.3 Å². The van der Waals surface area contributed by atoms with Crippen LogP contribution in [-0.2, 0) is 12.7 Å². The topological polar surface area (TPSA) is 58.0 Å². The number of anilines is 1. The third kappa shape index (κ3) is 5.74. The minimum absolute atomic E-state index is 0.0186. The maximum absolute atomic E-state index is 14.9. The number of aromatic nitrogens is 1. The summed E-state index contributed by atoms with van der Waals surface area (Å²) in [4.78, 5) is 33.9. The van der Waals surface area contributed by atoms with E-state index >= 15 is 0 Å². The van der Waals surface area contributed by atoms with E-state index in [1.807, 2.05) is 45.9 Å². The summed E-state index contributed by atoms with van der Waals surface area (Å²) in [6.07, 6.45) is 0.145. The summed E-state index contributed by atoms with van der Waals surface area (Å²) < 4.78 is 49.5. The molecule has 3 aromatic carbocycles. The quantitative estimate of drug-likeness (QED) is 0.199. The Bertz CT molecular complexity index is 1800. The van der Waals surface area contributed by atoms with Crippen molar-refractivity contribution in [2.75, 3.05) is 38.2 Å². The van der Waals surface area contributed by atoms with Crippen LogP contribution >= 0.6 is 0 Å². The van der Waals surface area contributed by atoms with Crippen molar-refractivity contribution in [2.45, 2.75) is 50.6 Å². The Kier molecular flexibility index (Phi) is 8.40. The van der Waals surface area contributed by atoms with Gasteiger partial charge in [-0.15, -0.1) is 0 Å². The molecule has 0 aliphatic carbocycles. The number of rotatable bonds is 7. The molecule has 10 heteroatoms. The minimum Gasteiger partial charge on any atom is -0.496 e. The number of likely N-dealkylation sites (tertiary alicyclic amines) is 2. The van der Waals surface area contributed by atoms with Crippen molar-refractivity contribution in [3.63, 3.8) is 0 Å². The predicted octanol–water partition coefficient (Wildman–Crippen LogP) is 7.26. The van der Waals surface area contributed by atoms with E-state index in [-0.39, 0.29) is 28.8 Å². The molecule has 244 valence electrons. The third-order valence-corrected chi connectivity index (χ3v) is 9.85. The number of methoxy groups -OCH3 is 1. The van der Waals surface area contributed by atoms with Crippen molar-refractivity contribution in [2.24, 2.45) is 0 Å². The molecule has 2 atom stereocenters. The van der Waals surface area contributed by atoms with Crippen LogP contribution in [0, 0.1) is 0 Å². The highest BCUT2D eigenvalue weighted by Gasteiger charge is 2.43. The Morgan fingerprint density at radius 3 is 2.45 bits per heavy atom. The Hall–Kier alpha value is -4.41. The molecular formula is C37H37F3N4O3. The van der Waals surface area contributed by atoms with Crippen LogP contribution in [-0.4, -0.2) is 65.9 Å². The highest BCUT2D eigenvalue weighted by atomic mass is 19.4. The van der Waals surface area contributed by atoms with Crippen molar-refractivity contribution >= 4 is 17.9 Å². The lowest BCUT2D eigenvalue weighted by molar-refractivity contribution is -0.137. The molecule has 4 heterocycles. The zero-order valence-corrected chi connectivity index (χ0v) is 26.2. The van der Waals surface area contributed by atoms with E-state index in [2.05, 4.69) is 9.80 Å². The maximum atomic E-state index is 14.9. The first kappa shape index (κ1) is 31.2. The number of amides is 1. The van der Waals surface area contributed by atoms with E-state index in [0.29, 0.717) is 17.8 Å². The van der Waals surface area contributed by atoms with Gasteiger partial charge in [-0.2, -0.15) is 13.2 Å². The second kappa shape index (κ2) is 12.7. The Morgan fingerprint density at radius 1 is 0.915 bits per heavy atom. The molecule has 1 aromatic heterocycles. The SMILES string of the molecule is COc1cc(C(=O)N2c3ccccc3Cn3c(C=O)ccc3C2N2CCC[C@H]2CN2CCCC2)ccc1-c1ccccc1C(F)(F)F. The van der Waals surface area contributed by atoms with Gasteiger partial charge in [-0.05, 0) is 92.4 Å². The Balaban J connectivity index is 1.35. The second-order valence-corrected chi connectivity index (χ2v) is 12.6. The number of benzene rings is 3. The van der Waals surface area contributed by atoms with Crippen molar-refractivity contribution in [3.8, 4) is 16.9 Å². The lowest BCUT2D eigenvalue weighted by atomic mass is 9.96. The molecule has 7 rings (SSSR count). The fourth-order valence-electron chi connectivity index (χ4n) is 7.65. The zero-order valence-electron chi connectivity index (χ0n) is 26.2. The predicted molar refractivity (Wildman–Crippen MR) is 174 cm³/mol. The van der Waals surface area contributed by atoms with Gasteiger partial charge in [0.15, 0.2) is 6.29 Å². The van der Waals surface area contributed by atoms with Crippen LogP contribution in [0.25, 0.3) is 11.1 Å². The standard InChI is InChI=1S/C37H37F3N4O3/c1-47-34-21-25(14-16-30(34)29-11-3-4-12-31(29)37(38,39)40)36(46)44-32-13-5-2-9-26(32)22-43-28(24-45)15-17-33(43)35(44)42-20-8-10-27(42)23-41-18-6-7-19-41/h2-5,9,11-17,21,24,27,35H,6-8,10,18-20,22-23H2,1H3/t27-,35?/m0/s1. The van der Waals surface area contributed by atoms with Crippen LogP contribution in [0.1, 0.15) is 69.5 Å². The van der Waals surface area contributed by atoms with Gasteiger partial charge in [-0.1, -0.05) is 36.4 Å². The lowest BCUT2D eigenvalue weighted by Crippen LogP contribution is -2.49. The van der Waals surface area contributed by atoms with E-state index in [1.54, 1.807) is 12.1 Å². The molecule has 47 heavy (non-hydrogen) atoms. The monoisotopic (exact) mass is 642 g/mol. The van der Waals surface area contributed by atoms with Gasteiger partial charge in [0, 0.05) is 30.3 Å². The number of halogens is 3. The van der Waals surface area contributed by atoms with Gasteiger partial charge in [0.05, 0.1) is 36.3 Å². The number of fused-ring (bicyclic) bond motifs is 2. The normalized spacial score (nSPS) is 20.1. The highest BCUT2D eigenvalue weighted by molar-refractivity contribution is 6.08. The smallest absolute Gasteiger partial charge is 0.417 e. The first-order valence-corrected chi connectivity index (χ1v) is 16.2. The molecule has 0 bridgehead atoms. The summed E-state index contributed by atoms with van der Waals surface area (Å²) in [5.74, 6) is -0.127. The largest absolute Gasteiger partial charge is 0.496 e. The average Bonchev–Trinajstić information content (AvgIpc) is 3.84. The Labute approximate surface area is 272 Å². The molecule has 0 saturated carbocycles. The summed E-state index contributed by atoms with van der Waals surface area (Å²) in [5.41, 5.74) is 2.77. The minimum atomic E-state index is -4.56. The summed E-state index contributed by atoms with van der Waals surface area (Å²) in [7, 11) is 1.40. The molecule has 2 fully saturated rings. The van der Waals surface area contributed by atoms with Crippen LogP contribution < -0.4 is 9.64 Å². The number of para-hydroxylation sites is 1. The number of carbonyl (C=O) groups excluding carboxylic acids is 2. The van der Waals surface area contributed by atoms with Crippen LogP contribution in [0.4, 0.5) is 18.9 Å². The molecule has 1 amide bonds. The van der Waals surface area contributed by atoms with Gasteiger partial charge < -0.3 is 14.2 Å². The number of alkyl halides is 3. The van der Waals surface area contributed by atoms with Crippen LogP contribution in [0.3, 0.4) is 0 Å². The maximum Gasteiger partial charge on any atom is 0.417 e. The molecule has 2 saturated heterocycles. The first-order valence-electron chi connectivity index (χ1n) is 16.2. The van der Waals surface area contributed by atoms with Gasteiger partial charge in [0.25, 0.3) is 5.91 Å². The fourth-order valence-corrected chi connectivity index (χ4v) is 7.65. The fraction of sp³-hybridized carbons (Fsp3) is 0.351. The zero-order chi connectivity index (χ0) is 32.7. The van der Waals surface area contributed by atoms with Gasteiger partial charge in [0.2, 0.25) is 0 Å². The lowest BCUT2D eigenvalue weighted by Gasteiger charge is -2.41. The second-order valence-electron chi connectivity index (χ2n) is 12.6. The van der Waals surface area contributed by atoms with Crippen molar-refractivity contribution in [1.29, 1.82) is 0 Å². The molecular weight excluding hydrogens is 605 g/mol. The molecule has 7 nitrogen and oxygen atoms in total.